The summed E-state index contributed by atoms with van der Waals surface area (Å²) in [5.74, 6) is -0.877. The number of phenols is 1. The van der Waals surface area contributed by atoms with E-state index in [1.807, 2.05) is 6.92 Å². The summed E-state index contributed by atoms with van der Waals surface area (Å²) in [6, 6.07) is 3.33. The van der Waals surface area contributed by atoms with E-state index in [1.54, 1.807) is 6.92 Å². The van der Waals surface area contributed by atoms with Gasteiger partial charge in [0, 0.05) is 18.7 Å². The van der Waals surface area contributed by atoms with Gasteiger partial charge in [-0.1, -0.05) is 0 Å². The van der Waals surface area contributed by atoms with Crippen molar-refractivity contribution in [2.75, 3.05) is 5.32 Å². The van der Waals surface area contributed by atoms with Gasteiger partial charge in [-0.15, -0.1) is 11.3 Å². The fourth-order valence-corrected chi connectivity index (χ4v) is 3.55. The quantitative estimate of drug-likeness (QED) is 0.410. The third-order valence-corrected chi connectivity index (χ3v) is 5.10. The molecule has 0 aliphatic rings. The highest BCUT2D eigenvalue weighted by atomic mass is 32.1. The first-order chi connectivity index (χ1) is 12.3. The van der Waals surface area contributed by atoms with E-state index in [2.05, 4.69) is 10.3 Å². The van der Waals surface area contributed by atoms with E-state index in [0.29, 0.717) is 22.3 Å². The van der Waals surface area contributed by atoms with Crippen LogP contribution >= 0.6 is 11.3 Å². The van der Waals surface area contributed by atoms with Gasteiger partial charge in [-0.2, -0.15) is 0 Å². The second-order valence-electron chi connectivity index (χ2n) is 5.48. The number of aromatic nitrogens is 2. The van der Waals surface area contributed by atoms with Crippen LogP contribution < -0.4 is 10.9 Å². The van der Waals surface area contributed by atoms with Crippen molar-refractivity contribution in [3.8, 4) is 5.75 Å². The number of thiophene rings is 1. The SMILES string of the molecule is CCn1cnc2sc(C(=O)Nc3cc([N+](=O)[O-])ccc3O)c(C)c2c1=O. The smallest absolute Gasteiger partial charge is 0.271 e. The number of anilines is 1. The minimum absolute atomic E-state index is 0.0833. The summed E-state index contributed by atoms with van der Waals surface area (Å²) in [5, 5.41) is 23.5. The van der Waals surface area contributed by atoms with Crippen LogP contribution in [-0.2, 0) is 6.54 Å². The molecule has 0 saturated carbocycles. The monoisotopic (exact) mass is 374 g/mol. The molecule has 0 fully saturated rings. The van der Waals surface area contributed by atoms with Crippen molar-refractivity contribution < 1.29 is 14.8 Å². The number of carbonyl (C=O) groups excluding carboxylic acids is 1. The Hall–Kier alpha value is -3.27. The van der Waals surface area contributed by atoms with Crippen LogP contribution in [0.3, 0.4) is 0 Å². The highest BCUT2D eigenvalue weighted by molar-refractivity contribution is 7.20. The lowest BCUT2D eigenvalue weighted by atomic mass is 10.2. The molecule has 0 saturated heterocycles. The Balaban J connectivity index is 2.03. The molecule has 1 amide bonds. The van der Waals surface area contributed by atoms with Gasteiger partial charge in [0.25, 0.3) is 17.2 Å². The molecule has 2 N–H and O–H groups in total. The molecule has 3 aromatic rings. The lowest BCUT2D eigenvalue weighted by Gasteiger charge is -2.06. The number of nitro groups is 1. The van der Waals surface area contributed by atoms with E-state index in [1.165, 1.54) is 10.9 Å². The molecule has 0 aliphatic carbocycles. The number of amides is 1. The number of aryl methyl sites for hydroxylation is 2. The average molecular weight is 374 g/mol. The van der Waals surface area contributed by atoms with Crippen LogP contribution in [0.5, 0.6) is 5.75 Å². The summed E-state index contributed by atoms with van der Waals surface area (Å²) in [5.41, 5.74) is -0.102. The molecule has 0 bridgehead atoms. The zero-order valence-corrected chi connectivity index (χ0v) is 14.7. The van der Waals surface area contributed by atoms with Gasteiger partial charge < -0.3 is 10.4 Å². The van der Waals surface area contributed by atoms with Crippen molar-refractivity contribution in [2.45, 2.75) is 20.4 Å². The number of non-ortho nitro benzene ring substituents is 1. The number of aromatic hydroxyl groups is 1. The zero-order valence-electron chi connectivity index (χ0n) is 13.8. The molecule has 134 valence electrons. The number of nitrogens with zero attached hydrogens (tertiary/aromatic N) is 3. The van der Waals surface area contributed by atoms with Crippen molar-refractivity contribution in [1.29, 1.82) is 0 Å². The molecule has 0 radical (unpaired) electrons. The Kier molecular flexibility index (Phi) is 4.43. The number of nitrogens with one attached hydrogen (secondary N) is 1. The highest BCUT2D eigenvalue weighted by Gasteiger charge is 2.21. The van der Waals surface area contributed by atoms with Gasteiger partial charge in [0.15, 0.2) is 0 Å². The van der Waals surface area contributed by atoms with Crippen molar-refractivity contribution >= 4 is 38.8 Å². The molecule has 0 atom stereocenters. The van der Waals surface area contributed by atoms with Crippen molar-refractivity contribution in [3.05, 3.63) is 55.4 Å². The lowest BCUT2D eigenvalue weighted by Crippen LogP contribution is -2.19. The van der Waals surface area contributed by atoms with Crippen LogP contribution in [-0.4, -0.2) is 25.5 Å². The van der Waals surface area contributed by atoms with Crippen molar-refractivity contribution in [3.63, 3.8) is 0 Å². The summed E-state index contributed by atoms with van der Waals surface area (Å²) >= 11 is 1.05. The first-order valence-corrected chi connectivity index (χ1v) is 8.42. The van der Waals surface area contributed by atoms with Crippen LogP contribution in [0.4, 0.5) is 11.4 Å². The minimum atomic E-state index is -0.628. The van der Waals surface area contributed by atoms with E-state index < -0.39 is 10.8 Å². The van der Waals surface area contributed by atoms with Gasteiger partial charge in [0.2, 0.25) is 0 Å². The van der Waals surface area contributed by atoms with Crippen LogP contribution in [0, 0.1) is 17.0 Å². The Labute approximate surface area is 150 Å². The summed E-state index contributed by atoms with van der Waals surface area (Å²) < 4.78 is 1.44. The van der Waals surface area contributed by atoms with Gasteiger partial charge in [0.1, 0.15) is 10.6 Å². The average Bonchev–Trinajstić information content (AvgIpc) is 2.94. The maximum absolute atomic E-state index is 12.6. The molecule has 0 aliphatic heterocycles. The topological polar surface area (TPSA) is 127 Å². The fraction of sp³-hybridized carbons (Fsp3) is 0.188. The minimum Gasteiger partial charge on any atom is -0.506 e. The summed E-state index contributed by atoms with van der Waals surface area (Å²) in [6.45, 7) is 3.92. The standard InChI is InChI=1S/C16H14N4O5S/c1-3-19-7-17-15-12(16(19)23)8(2)13(26-15)14(22)18-10-6-9(20(24)25)4-5-11(10)21/h4-7,21H,3H2,1-2H3,(H,18,22). The number of hydrogen-bond acceptors (Lipinski definition) is 7. The van der Waals surface area contributed by atoms with Gasteiger partial charge in [0.05, 0.1) is 27.2 Å². The van der Waals surface area contributed by atoms with Crippen LogP contribution in [0.2, 0.25) is 0 Å². The van der Waals surface area contributed by atoms with Gasteiger partial charge in [-0.3, -0.25) is 24.3 Å². The number of fused-ring (bicyclic) bond motifs is 1. The molecule has 26 heavy (non-hydrogen) atoms. The Morgan fingerprint density at radius 1 is 1.46 bits per heavy atom. The first-order valence-electron chi connectivity index (χ1n) is 7.60. The molecule has 9 nitrogen and oxygen atoms in total. The van der Waals surface area contributed by atoms with Gasteiger partial charge >= 0.3 is 0 Å². The number of rotatable bonds is 4. The summed E-state index contributed by atoms with van der Waals surface area (Å²) in [7, 11) is 0. The predicted octanol–water partition coefficient (Wildman–Crippen LogP) is 2.65. The molecule has 3 rings (SSSR count). The van der Waals surface area contributed by atoms with Gasteiger partial charge in [-0.25, -0.2) is 4.98 Å². The summed E-state index contributed by atoms with van der Waals surface area (Å²) in [6.07, 6.45) is 1.43. The van der Waals surface area contributed by atoms with Crippen LogP contribution in [0.15, 0.2) is 29.3 Å². The zero-order chi connectivity index (χ0) is 19.0. The lowest BCUT2D eigenvalue weighted by molar-refractivity contribution is -0.384. The van der Waals surface area contributed by atoms with Crippen molar-refractivity contribution in [2.24, 2.45) is 0 Å². The molecule has 0 spiro atoms. The number of nitro benzene ring substituents is 1. The predicted molar refractivity (Wildman–Crippen MR) is 97.0 cm³/mol. The van der Waals surface area contributed by atoms with E-state index in [9.17, 15) is 24.8 Å². The summed E-state index contributed by atoms with van der Waals surface area (Å²) in [4.78, 5) is 40.1. The van der Waals surface area contributed by atoms with E-state index in [0.717, 1.165) is 29.5 Å². The maximum Gasteiger partial charge on any atom is 0.271 e. The molecule has 1 aromatic carbocycles. The molecule has 10 heteroatoms. The third-order valence-electron chi connectivity index (χ3n) is 3.90. The van der Waals surface area contributed by atoms with Crippen LogP contribution in [0.25, 0.3) is 10.2 Å². The molecular formula is C16H14N4O5S. The Bertz CT molecular complexity index is 1100. The molecule has 2 aromatic heterocycles. The first kappa shape index (κ1) is 17.5. The van der Waals surface area contributed by atoms with Crippen LogP contribution in [0.1, 0.15) is 22.2 Å². The van der Waals surface area contributed by atoms with Gasteiger partial charge in [-0.05, 0) is 25.5 Å². The number of hydrogen-bond donors (Lipinski definition) is 2. The Morgan fingerprint density at radius 3 is 2.85 bits per heavy atom. The number of phenolic OH excluding ortho intramolecular Hbond substituents is 1. The van der Waals surface area contributed by atoms with E-state index in [4.69, 9.17) is 0 Å². The number of benzene rings is 1. The second kappa shape index (κ2) is 6.56. The molecule has 2 heterocycles. The Morgan fingerprint density at radius 2 is 2.19 bits per heavy atom. The third kappa shape index (κ3) is 2.90. The maximum atomic E-state index is 12.6. The normalized spacial score (nSPS) is 10.8. The highest BCUT2D eigenvalue weighted by Crippen LogP contribution is 2.31. The second-order valence-corrected chi connectivity index (χ2v) is 6.48. The number of carbonyl (C=O) groups is 1. The van der Waals surface area contributed by atoms with Crippen molar-refractivity contribution in [1.82, 2.24) is 9.55 Å². The van der Waals surface area contributed by atoms with E-state index >= 15 is 0 Å². The largest absolute Gasteiger partial charge is 0.506 e. The molecule has 0 unspecified atom stereocenters. The fourth-order valence-electron chi connectivity index (χ4n) is 2.52. The molecular weight excluding hydrogens is 360 g/mol. The van der Waals surface area contributed by atoms with E-state index in [-0.39, 0.29) is 27.6 Å².